The Kier molecular flexibility index (Phi) is 3.57. The summed E-state index contributed by atoms with van der Waals surface area (Å²) >= 11 is 0. The van der Waals surface area contributed by atoms with Crippen molar-refractivity contribution in [2.45, 2.75) is 19.9 Å². The molecule has 0 fully saturated rings. The van der Waals surface area contributed by atoms with Gasteiger partial charge in [0.2, 0.25) is 0 Å². The number of hydrogen-bond donors (Lipinski definition) is 4. The predicted molar refractivity (Wildman–Crippen MR) is 80.8 cm³/mol. The second-order valence-corrected chi connectivity index (χ2v) is 5.33. The second-order valence-electron chi connectivity index (χ2n) is 5.33. The van der Waals surface area contributed by atoms with Gasteiger partial charge >= 0.3 is 0 Å². The van der Waals surface area contributed by atoms with Gasteiger partial charge in [0.25, 0.3) is 0 Å². The number of anilines is 1. The molecule has 0 amide bonds. The van der Waals surface area contributed by atoms with E-state index in [1.54, 1.807) is 6.20 Å². The zero-order valence-corrected chi connectivity index (χ0v) is 12.0. The molecular weight excluding hydrogens is 268 g/mol. The molecule has 0 radical (unpaired) electrons. The Morgan fingerprint density at radius 1 is 1.33 bits per heavy atom. The number of nitrogens with zero attached hydrogens (tertiary/aromatic N) is 3. The van der Waals surface area contributed by atoms with Crippen LogP contribution >= 0.6 is 0 Å². The molecule has 0 saturated carbocycles. The van der Waals surface area contributed by atoms with E-state index in [0.717, 1.165) is 28.1 Å². The normalized spacial score (nSPS) is 13.0. The van der Waals surface area contributed by atoms with Crippen LogP contribution in [0.25, 0.3) is 22.3 Å². The van der Waals surface area contributed by atoms with Gasteiger partial charge in [-0.15, -0.1) is 0 Å². The number of aromatic nitrogens is 5. The molecule has 7 heteroatoms. The minimum atomic E-state index is -0.0459. The fourth-order valence-electron chi connectivity index (χ4n) is 2.21. The lowest BCUT2D eigenvalue weighted by Crippen LogP contribution is -2.29. The molecule has 0 unspecified atom stereocenters. The maximum Gasteiger partial charge on any atom is 0.143 e. The van der Waals surface area contributed by atoms with Crippen molar-refractivity contribution in [2.75, 3.05) is 11.9 Å². The minimum absolute atomic E-state index is 0.0459. The van der Waals surface area contributed by atoms with Gasteiger partial charge in [-0.2, -0.15) is 5.10 Å². The largest absolute Gasteiger partial charge is 0.394 e. The van der Waals surface area contributed by atoms with Crippen LogP contribution in [0.5, 0.6) is 0 Å². The molecule has 0 saturated heterocycles. The SMILES string of the molecule is CC(C)[C@H](CO)Nc1ncnc2[nH]c(-c3cn[nH]c3)cc12. The van der Waals surface area contributed by atoms with Crippen LogP contribution in [0.15, 0.2) is 24.8 Å². The minimum Gasteiger partial charge on any atom is -0.394 e. The molecule has 3 aromatic heterocycles. The number of aromatic amines is 2. The smallest absolute Gasteiger partial charge is 0.143 e. The summed E-state index contributed by atoms with van der Waals surface area (Å²) < 4.78 is 0. The van der Waals surface area contributed by atoms with Gasteiger partial charge in [0.1, 0.15) is 17.8 Å². The molecule has 0 aliphatic heterocycles. The van der Waals surface area contributed by atoms with E-state index in [4.69, 9.17) is 0 Å². The predicted octanol–water partition coefficient (Wildman–Crippen LogP) is 1.78. The van der Waals surface area contributed by atoms with Gasteiger partial charge in [-0.3, -0.25) is 5.10 Å². The molecule has 1 atom stereocenters. The van der Waals surface area contributed by atoms with Crippen LogP contribution in [0.3, 0.4) is 0 Å². The maximum absolute atomic E-state index is 9.46. The Balaban J connectivity index is 2.00. The van der Waals surface area contributed by atoms with Crippen molar-refractivity contribution in [3.8, 4) is 11.3 Å². The molecule has 0 bridgehead atoms. The van der Waals surface area contributed by atoms with Crippen molar-refractivity contribution in [3.63, 3.8) is 0 Å². The number of aliphatic hydroxyl groups excluding tert-OH is 1. The van der Waals surface area contributed by atoms with E-state index >= 15 is 0 Å². The van der Waals surface area contributed by atoms with Crippen molar-refractivity contribution in [1.82, 2.24) is 25.1 Å². The Bertz CT molecular complexity index is 718. The standard InChI is InChI=1S/C14H18N6O/c1-8(2)12(6-21)20-14-10-3-11(9-4-17-18-5-9)19-13(10)15-7-16-14/h3-5,7-8,12,21H,6H2,1-2H3,(H,17,18)(H2,15,16,19,20)/t12-/m0/s1. The van der Waals surface area contributed by atoms with Gasteiger partial charge in [-0.05, 0) is 12.0 Å². The number of H-pyrrole nitrogens is 2. The zero-order chi connectivity index (χ0) is 14.8. The molecular formula is C14H18N6O. The van der Waals surface area contributed by atoms with Crippen molar-refractivity contribution < 1.29 is 5.11 Å². The lowest BCUT2D eigenvalue weighted by Gasteiger charge is -2.20. The number of fused-ring (bicyclic) bond motifs is 1. The molecule has 4 N–H and O–H groups in total. The van der Waals surface area contributed by atoms with Crippen LogP contribution in [-0.2, 0) is 0 Å². The molecule has 0 spiro atoms. The quantitative estimate of drug-likeness (QED) is 0.572. The lowest BCUT2D eigenvalue weighted by atomic mass is 10.1. The number of rotatable bonds is 5. The molecule has 0 aliphatic rings. The van der Waals surface area contributed by atoms with E-state index in [0.29, 0.717) is 5.92 Å². The van der Waals surface area contributed by atoms with Crippen LogP contribution < -0.4 is 5.32 Å². The number of aliphatic hydroxyl groups is 1. The molecule has 0 aromatic carbocycles. The van der Waals surface area contributed by atoms with Gasteiger partial charge in [0.05, 0.1) is 29.9 Å². The van der Waals surface area contributed by atoms with Crippen LogP contribution in [-0.4, -0.2) is 42.9 Å². The summed E-state index contributed by atoms with van der Waals surface area (Å²) in [5, 5.41) is 20.4. The fourth-order valence-corrected chi connectivity index (χ4v) is 2.21. The van der Waals surface area contributed by atoms with Crippen molar-refractivity contribution in [3.05, 3.63) is 24.8 Å². The monoisotopic (exact) mass is 286 g/mol. The molecule has 3 rings (SSSR count). The fraction of sp³-hybridized carbons (Fsp3) is 0.357. The molecule has 110 valence electrons. The summed E-state index contributed by atoms with van der Waals surface area (Å²) in [5.74, 6) is 1.02. The summed E-state index contributed by atoms with van der Waals surface area (Å²) in [6, 6.07) is 1.94. The van der Waals surface area contributed by atoms with Gasteiger partial charge < -0.3 is 15.4 Å². The molecule has 3 aromatic rings. The highest BCUT2D eigenvalue weighted by atomic mass is 16.3. The van der Waals surface area contributed by atoms with Gasteiger partial charge in [0.15, 0.2) is 0 Å². The Hall–Kier alpha value is -2.41. The van der Waals surface area contributed by atoms with Crippen molar-refractivity contribution in [1.29, 1.82) is 0 Å². The van der Waals surface area contributed by atoms with Crippen LogP contribution in [0, 0.1) is 5.92 Å². The van der Waals surface area contributed by atoms with Gasteiger partial charge in [0, 0.05) is 11.8 Å². The van der Waals surface area contributed by atoms with E-state index in [1.807, 2.05) is 12.3 Å². The maximum atomic E-state index is 9.46. The third-order valence-electron chi connectivity index (χ3n) is 3.56. The van der Waals surface area contributed by atoms with E-state index in [9.17, 15) is 5.11 Å². The summed E-state index contributed by atoms with van der Waals surface area (Å²) in [4.78, 5) is 11.8. The molecule has 7 nitrogen and oxygen atoms in total. The zero-order valence-electron chi connectivity index (χ0n) is 12.0. The number of nitrogens with one attached hydrogen (secondary N) is 3. The average Bonchev–Trinajstić information content (AvgIpc) is 3.12. The Morgan fingerprint density at radius 2 is 2.19 bits per heavy atom. The van der Waals surface area contributed by atoms with E-state index < -0.39 is 0 Å². The molecule has 3 heterocycles. The molecule has 0 aliphatic carbocycles. The first-order valence-corrected chi connectivity index (χ1v) is 6.89. The summed E-state index contributed by atoms with van der Waals surface area (Å²) in [6.07, 6.45) is 5.07. The molecule has 21 heavy (non-hydrogen) atoms. The third-order valence-corrected chi connectivity index (χ3v) is 3.56. The number of hydrogen-bond acceptors (Lipinski definition) is 5. The van der Waals surface area contributed by atoms with Crippen LogP contribution in [0.1, 0.15) is 13.8 Å². The first-order valence-electron chi connectivity index (χ1n) is 6.89. The highest BCUT2D eigenvalue weighted by molar-refractivity contribution is 5.91. The van der Waals surface area contributed by atoms with Crippen molar-refractivity contribution in [2.24, 2.45) is 5.92 Å². The van der Waals surface area contributed by atoms with Gasteiger partial charge in [-0.1, -0.05) is 13.8 Å². The average molecular weight is 286 g/mol. The van der Waals surface area contributed by atoms with Crippen molar-refractivity contribution >= 4 is 16.9 Å². The first-order chi connectivity index (χ1) is 10.2. The highest BCUT2D eigenvalue weighted by Gasteiger charge is 2.16. The third kappa shape index (κ3) is 2.59. The van der Waals surface area contributed by atoms with Gasteiger partial charge in [-0.25, -0.2) is 9.97 Å². The Labute approximate surface area is 121 Å². The Morgan fingerprint density at radius 3 is 2.86 bits per heavy atom. The highest BCUT2D eigenvalue weighted by Crippen LogP contribution is 2.26. The van der Waals surface area contributed by atoms with Crippen LogP contribution in [0.2, 0.25) is 0 Å². The van der Waals surface area contributed by atoms with E-state index in [2.05, 4.69) is 44.3 Å². The topological polar surface area (TPSA) is 103 Å². The summed E-state index contributed by atoms with van der Waals surface area (Å²) in [6.45, 7) is 4.17. The summed E-state index contributed by atoms with van der Waals surface area (Å²) in [7, 11) is 0. The first kappa shape index (κ1) is 13.6. The van der Waals surface area contributed by atoms with E-state index in [-0.39, 0.29) is 12.6 Å². The van der Waals surface area contributed by atoms with E-state index in [1.165, 1.54) is 6.33 Å². The second kappa shape index (κ2) is 5.53. The summed E-state index contributed by atoms with van der Waals surface area (Å²) in [5.41, 5.74) is 2.64. The van der Waals surface area contributed by atoms with Crippen LogP contribution in [0.4, 0.5) is 5.82 Å². The lowest BCUT2D eigenvalue weighted by molar-refractivity contribution is 0.249.